The molecule has 0 unspecified atom stereocenters. The summed E-state index contributed by atoms with van der Waals surface area (Å²) in [5.74, 6) is 0.187. The first-order valence-corrected chi connectivity index (χ1v) is 10.8. The first-order chi connectivity index (χ1) is 15.6. The van der Waals surface area contributed by atoms with E-state index in [2.05, 4.69) is 5.32 Å². The Morgan fingerprint density at radius 2 is 1.73 bits per heavy atom. The van der Waals surface area contributed by atoms with Crippen molar-refractivity contribution < 1.29 is 27.5 Å². The number of para-hydroxylation sites is 1. The van der Waals surface area contributed by atoms with E-state index in [1.165, 1.54) is 18.2 Å². The van der Waals surface area contributed by atoms with E-state index in [4.69, 9.17) is 4.74 Å². The van der Waals surface area contributed by atoms with Gasteiger partial charge in [0.25, 0.3) is 0 Å². The Balaban J connectivity index is 1.48. The van der Waals surface area contributed by atoms with Gasteiger partial charge in [0.1, 0.15) is 5.75 Å². The number of ether oxygens (including phenoxy) is 1. The molecule has 1 saturated heterocycles. The van der Waals surface area contributed by atoms with E-state index in [1.54, 1.807) is 4.90 Å². The van der Waals surface area contributed by atoms with Gasteiger partial charge in [0.05, 0.1) is 30.3 Å². The fourth-order valence-electron chi connectivity index (χ4n) is 3.67. The molecule has 2 aromatic carbocycles. The van der Waals surface area contributed by atoms with E-state index in [0.29, 0.717) is 26.2 Å². The highest BCUT2D eigenvalue weighted by Crippen LogP contribution is 2.34. The Morgan fingerprint density at radius 3 is 2.39 bits per heavy atom. The molecule has 9 heteroatoms. The van der Waals surface area contributed by atoms with Crippen LogP contribution in [-0.2, 0) is 22.2 Å². The number of carbonyl (C=O) groups excluding carboxylic acids is 2. The number of alkyl halides is 3. The van der Waals surface area contributed by atoms with Gasteiger partial charge >= 0.3 is 6.18 Å². The number of nitrogens with one attached hydrogen (secondary N) is 1. The summed E-state index contributed by atoms with van der Waals surface area (Å²) in [7, 11) is 0. The molecule has 1 aliphatic heterocycles. The van der Waals surface area contributed by atoms with Crippen LogP contribution in [0.1, 0.15) is 25.0 Å². The van der Waals surface area contributed by atoms with Gasteiger partial charge < -0.3 is 15.0 Å². The zero-order chi connectivity index (χ0) is 24.0. The first-order valence-electron chi connectivity index (χ1n) is 10.8. The molecule has 0 aromatic heterocycles. The largest absolute Gasteiger partial charge is 0.491 e. The zero-order valence-corrected chi connectivity index (χ0v) is 18.7. The normalized spacial score (nSPS) is 14.9. The highest BCUT2D eigenvalue weighted by Gasteiger charge is 2.33. The van der Waals surface area contributed by atoms with Crippen molar-refractivity contribution in [1.29, 1.82) is 0 Å². The second-order valence-corrected chi connectivity index (χ2v) is 8.24. The maximum absolute atomic E-state index is 13.1. The van der Waals surface area contributed by atoms with Crippen LogP contribution in [0.4, 0.5) is 18.9 Å². The SMILES string of the molecule is CC(C)Oc1cccc(CC(=O)N2CCN(CC(=O)Nc3ccccc3C(F)(F)F)CC2)c1. The first kappa shape index (κ1) is 24.6. The van der Waals surface area contributed by atoms with Crippen LogP contribution in [-0.4, -0.2) is 60.4 Å². The number of hydrogen-bond acceptors (Lipinski definition) is 4. The molecule has 2 aromatic rings. The molecule has 0 spiro atoms. The number of halogens is 3. The molecule has 2 amide bonds. The predicted molar refractivity (Wildman–Crippen MR) is 119 cm³/mol. The summed E-state index contributed by atoms with van der Waals surface area (Å²) in [6.07, 6.45) is -4.25. The third kappa shape index (κ3) is 7.21. The average molecular weight is 464 g/mol. The number of hydrogen-bond donors (Lipinski definition) is 1. The highest BCUT2D eigenvalue weighted by atomic mass is 19.4. The minimum Gasteiger partial charge on any atom is -0.491 e. The van der Waals surface area contributed by atoms with Gasteiger partial charge in [0.15, 0.2) is 0 Å². The summed E-state index contributed by atoms with van der Waals surface area (Å²) in [4.78, 5) is 28.6. The molecule has 1 heterocycles. The lowest BCUT2D eigenvalue weighted by Gasteiger charge is -2.34. The molecule has 0 atom stereocenters. The van der Waals surface area contributed by atoms with Gasteiger partial charge in [-0.05, 0) is 43.7 Å². The van der Waals surface area contributed by atoms with Crippen molar-refractivity contribution in [2.24, 2.45) is 0 Å². The number of nitrogens with zero attached hydrogens (tertiary/aromatic N) is 2. The summed E-state index contributed by atoms with van der Waals surface area (Å²) < 4.78 is 45.0. The monoisotopic (exact) mass is 463 g/mol. The van der Waals surface area contributed by atoms with Gasteiger partial charge in [-0.25, -0.2) is 0 Å². The van der Waals surface area contributed by atoms with Gasteiger partial charge in [-0.2, -0.15) is 13.2 Å². The smallest absolute Gasteiger partial charge is 0.418 e. The molecule has 0 saturated carbocycles. The van der Waals surface area contributed by atoms with Crippen molar-refractivity contribution in [3.8, 4) is 5.75 Å². The lowest BCUT2D eigenvalue weighted by atomic mass is 10.1. The Kier molecular flexibility index (Phi) is 7.97. The van der Waals surface area contributed by atoms with Crippen molar-refractivity contribution in [1.82, 2.24) is 9.80 Å². The Morgan fingerprint density at radius 1 is 1.03 bits per heavy atom. The molecule has 0 bridgehead atoms. The number of rotatable bonds is 7. The van der Waals surface area contributed by atoms with Crippen molar-refractivity contribution in [3.63, 3.8) is 0 Å². The Labute approximate surface area is 191 Å². The molecule has 178 valence electrons. The molecular weight excluding hydrogens is 435 g/mol. The average Bonchev–Trinajstić information content (AvgIpc) is 2.73. The highest BCUT2D eigenvalue weighted by molar-refractivity contribution is 5.93. The minimum absolute atomic E-state index is 0.0140. The lowest BCUT2D eigenvalue weighted by molar-refractivity contribution is -0.137. The summed E-state index contributed by atoms with van der Waals surface area (Å²) >= 11 is 0. The molecule has 3 rings (SSSR count). The van der Waals surface area contributed by atoms with E-state index in [9.17, 15) is 22.8 Å². The van der Waals surface area contributed by atoms with E-state index < -0.39 is 17.6 Å². The van der Waals surface area contributed by atoms with Crippen LogP contribution < -0.4 is 10.1 Å². The van der Waals surface area contributed by atoms with Crippen LogP contribution in [0.15, 0.2) is 48.5 Å². The molecule has 0 aliphatic carbocycles. The summed E-state index contributed by atoms with van der Waals surface area (Å²) in [5, 5.41) is 2.36. The van der Waals surface area contributed by atoms with Crippen molar-refractivity contribution in [3.05, 3.63) is 59.7 Å². The van der Waals surface area contributed by atoms with Crippen LogP contribution in [0.3, 0.4) is 0 Å². The topological polar surface area (TPSA) is 61.9 Å². The van der Waals surface area contributed by atoms with Gasteiger partial charge in [-0.1, -0.05) is 24.3 Å². The fraction of sp³-hybridized carbons (Fsp3) is 0.417. The summed E-state index contributed by atoms with van der Waals surface area (Å²) in [6.45, 7) is 5.68. The van der Waals surface area contributed by atoms with Gasteiger partial charge in [-0.15, -0.1) is 0 Å². The zero-order valence-electron chi connectivity index (χ0n) is 18.7. The summed E-state index contributed by atoms with van der Waals surface area (Å²) in [6, 6.07) is 12.3. The molecule has 33 heavy (non-hydrogen) atoms. The third-order valence-corrected chi connectivity index (χ3v) is 5.22. The van der Waals surface area contributed by atoms with Gasteiger partial charge in [-0.3, -0.25) is 14.5 Å². The van der Waals surface area contributed by atoms with E-state index in [1.807, 2.05) is 43.0 Å². The maximum atomic E-state index is 13.1. The van der Waals surface area contributed by atoms with Gasteiger partial charge in [0, 0.05) is 26.2 Å². The Bertz CT molecular complexity index is 971. The fourth-order valence-corrected chi connectivity index (χ4v) is 3.67. The molecule has 1 N–H and O–H groups in total. The van der Waals surface area contributed by atoms with Crippen molar-refractivity contribution in [2.75, 3.05) is 38.0 Å². The minimum atomic E-state index is -4.55. The van der Waals surface area contributed by atoms with Crippen LogP contribution in [0, 0.1) is 0 Å². The van der Waals surface area contributed by atoms with E-state index in [-0.39, 0.29) is 30.7 Å². The van der Waals surface area contributed by atoms with Gasteiger partial charge in [0.2, 0.25) is 11.8 Å². The Hall–Kier alpha value is -3.07. The van der Waals surface area contributed by atoms with Crippen LogP contribution in [0.5, 0.6) is 5.75 Å². The molecule has 1 aliphatic rings. The van der Waals surface area contributed by atoms with E-state index in [0.717, 1.165) is 17.4 Å². The van der Waals surface area contributed by atoms with Crippen LogP contribution in [0.2, 0.25) is 0 Å². The third-order valence-electron chi connectivity index (χ3n) is 5.22. The lowest BCUT2D eigenvalue weighted by Crippen LogP contribution is -2.50. The molecule has 0 radical (unpaired) electrons. The maximum Gasteiger partial charge on any atom is 0.418 e. The number of anilines is 1. The van der Waals surface area contributed by atoms with Crippen LogP contribution >= 0.6 is 0 Å². The quantitative estimate of drug-likeness (QED) is 0.678. The number of piperazine rings is 1. The second kappa shape index (κ2) is 10.7. The van der Waals surface area contributed by atoms with Crippen molar-refractivity contribution in [2.45, 2.75) is 32.5 Å². The molecule has 1 fully saturated rings. The molecule has 6 nitrogen and oxygen atoms in total. The standard InChI is InChI=1S/C24H28F3N3O3/c1-17(2)33-19-7-5-6-18(14-19)15-23(32)30-12-10-29(11-13-30)16-22(31)28-21-9-4-3-8-20(21)24(25,26)27/h3-9,14,17H,10-13,15-16H2,1-2H3,(H,28,31). The molecular formula is C24H28F3N3O3. The summed E-state index contributed by atoms with van der Waals surface area (Å²) in [5.41, 5.74) is -0.271. The van der Waals surface area contributed by atoms with E-state index >= 15 is 0 Å². The second-order valence-electron chi connectivity index (χ2n) is 8.24. The number of benzene rings is 2. The number of carbonyl (C=O) groups is 2. The van der Waals surface area contributed by atoms with Crippen LogP contribution in [0.25, 0.3) is 0 Å². The van der Waals surface area contributed by atoms with Crippen molar-refractivity contribution >= 4 is 17.5 Å². The number of amides is 2. The predicted octanol–water partition coefficient (Wildman–Crippen LogP) is 3.82.